The molecule has 0 radical (unpaired) electrons. The van der Waals surface area contributed by atoms with E-state index in [1.54, 1.807) is 6.92 Å². The molecule has 2 aliphatic rings. The number of carbonyl (C=O) groups excluding carboxylic acids is 2. The van der Waals surface area contributed by atoms with Gasteiger partial charge in [0.05, 0.1) is 0 Å². The predicted molar refractivity (Wildman–Crippen MR) is 115 cm³/mol. The van der Waals surface area contributed by atoms with Gasteiger partial charge in [-0.05, 0) is 42.0 Å². The number of aliphatic carboxylic acids is 1. The number of carboxylic acids is 1. The van der Waals surface area contributed by atoms with E-state index >= 15 is 0 Å². The van der Waals surface area contributed by atoms with Crippen molar-refractivity contribution in [2.45, 2.75) is 44.2 Å². The van der Waals surface area contributed by atoms with Crippen molar-refractivity contribution in [2.24, 2.45) is 0 Å². The quantitative estimate of drug-likeness (QED) is 0.744. The normalized spacial score (nSPS) is 18.2. The lowest BCUT2D eigenvalue weighted by Gasteiger charge is -2.23. The van der Waals surface area contributed by atoms with Crippen LogP contribution in [0, 0.1) is 0 Å². The Hall–Kier alpha value is -3.35. The number of hydrogen-bond acceptors (Lipinski definition) is 4. The average Bonchev–Trinajstić information content (AvgIpc) is 3.36. The molecular formula is C24H26N2O5. The van der Waals surface area contributed by atoms with Gasteiger partial charge in [-0.15, -0.1) is 0 Å². The molecule has 1 saturated heterocycles. The zero-order chi connectivity index (χ0) is 22.0. The Labute approximate surface area is 181 Å². The van der Waals surface area contributed by atoms with Gasteiger partial charge in [-0.2, -0.15) is 0 Å². The Balaban J connectivity index is 1.32. The van der Waals surface area contributed by atoms with Crippen LogP contribution in [0.2, 0.25) is 0 Å². The van der Waals surface area contributed by atoms with Crippen molar-refractivity contribution in [1.82, 2.24) is 10.2 Å². The van der Waals surface area contributed by atoms with Crippen LogP contribution >= 0.6 is 0 Å². The summed E-state index contributed by atoms with van der Waals surface area (Å²) in [6.45, 7) is 2.35. The fraction of sp³-hybridized carbons (Fsp3) is 0.375. The van der Waals surface area contributed by atoms with Crippen molar-refractivity contribution in [2.75, 3.05) is 13.2 Å². The molecule has 1 aliphatic heterocycles. The summed E-state index contributed by atoms with van der Waals surface area (Å²) in [5.41, 5.74) is 4.58. The van der Waals surface area contributed by atoms with Gasteiger partial charge in [0.1, 0.15) is 12.6 Å². The summed E-state index contributed by atoms with van der Waals surface area (Å²) in [5, 5.41) is 11.9. The highest BCUT2D eigenvalue weighted by atomic mass is 16.5. The topological polar surface area (TPSA) is 95.9 Å². The highest BCUT2D eigenvalue weighted by molar-refractivity contribution is 5.85. The van der Waals surface area contributed by atoms with Crippen molar-refractivity contribution in [3.8, 4) is 11.1 Å². The zero-order valence-corrected chi connectivity index (χ0v) is 17.4. The van der Waals surface area contributed by atoms with Crippen LogP contribution in [0.15, 0.2) is 48.5 Å². The van der Waals surface area contributed by atoms with Crippen molar-refractivity contribution in [3.63, 3.8) is 0 Å². The third kappa shape index (κ3) is 4.26. The first-order chi connectivity index (χ1) is 15.0. The van der Waals surface area contributed by atoms with Gasteiger partial charge in [-0.3, -0.25) is 4.79 Å². The van der Waals surface area contributed by atoms with Crippen LogP contribution in [-0.4, -0.2) is 53.2 Å². The molecule has 162 valence electrons. The van der Waals surface area contributed by atoms with E-state index in [9.17, 15) is 19.5 Å². The number of hydrogen-bond donors (Lipinski definition) is 2. The first-order valence-electron chi connectivity index (χ1n) is 10.6. The lowest BCUT2D eigenvalue weighted by atomic mass is 9.98. The van der Waals surface area contributed by atoms with E-state index in [0.717, 1.165) is 22.3 Å². The number of fused-ring (bicyclic) bond motifs is 3. The van der Waals surface area contributed by atoms with Crippen LogP contribution in [0.1, 0.15) is 43.2 Å². The van der Waals surface area contributed by atoms with Gasteiger partial charge in [0.2, 0.25) is 5.91 Å². The maximum absolute atomic E-state index is 12.5. The van der Waals surface area contributed by atoms with E-state index in [1.807, 2.05) is 24.3 Å². The molecule has 4 rings (SSSR count). The van der Waals surface area contributed by atoms with Crippen LogP contribution in [-0.2, 0) is 14.3 Å². The second kappa shape index (κ2) is 8.79. The molecule has 2 N–H and O–H groups in total. The largest absolute Gasteiger partial charge is 0.480 e. The van der Waals surface area contributed by atoms with E-state index < -0.39 is 24.1 Å². The number of ether oxygens (including phenoxy) is 1. The number of nitrogens with zero attached hydrogens (tertiary/aromatic N) is 1. The summed E-state index contributed by atoms with van der Waals surface area (Å²) in [5.74, 6) is -1.28. The first kappa shape index (κ1) is 20.9. The van der Waals surface area contributed by atoms with Crippen LogP contribution in [0.4, 0.5) is 4.79 Å². The molecule has 1 aliphatic carbocycles. The number of alkyl carbamates (subject to hydrolysis) is 1. The predicted octanol–water partition coefficient (Wildman–Crippen LogP) is 3.38. The summed E-state index contributed by atoms with van der Waals surface area (Å²) in [6.07, 6.45) is 0.596. The van der Waals surface area contributed by atoms with Crippen LogP contribution in [0.5, 0.6) is 0 Å². The van der Waals surface area contributed by atoms with Crippen LogP contribution in [0.25, 0.3) is 11.1 Å². The maximum Gasteiger partial charge on any atom is 0.407 e. The van der Waals surface area contributed by atoms with Crippen LogP contribution < -0.4 is 5.32 Å². The molecule has 0 saturated carbocycles. The lowest BCUT2D eigenvalue weighted by molar-refractivity contribution is -0.148. The Bertz CT molecular complexity index is 959. The van der Waals surface area contributed by atoms with Gasteiger partial charge >= 0.3 is 12.1 Å². The molecule has 1 fully saturated rings. The number of rotatable bonds is 6. The van der Waals surface area contributed by atoms with E-state index in [-0.39, 0.29) is 24.9 Å². The molecule has 2 aromatic carbocycles. The highest BCUT2D eigenvalue weighted by Gasteiger charge is 2.34. The third-order valence-electron chi connectivity index (χ3n) is 6.05. The fourth-order valence-electron chi connectivity index (χ4n) is 4.59. The summed E-state index contributed by atoms with van der Waals surface area (Å²) < 4.78 is 5.51. The number of carbonyl (C=O) groups is 3. The van der Waals surface area contributed by atoms with E-state index in [0.29, 0.717) is 19.4 Å². The van der Waals surface area contributed by atoms with E-state index in [4.69, 9.17) is 4.74 Å². The SMILES string of the molecule is C[C@H](CC(=O)N1CCCC1C(=O)O)NC(=O)OCC1c2ccccc2-c2ccccc21. The molecule has 2 amide bonds. The molecule has 2 atom stereocenters. The van der Waals surface area contributed by atoms with Crippen molar-refractivity contribution in [1.29, 1.82) is 0 Å². The number of benzene rings is 2. The molecule has 2 aromatic rings. The Morgan fingerprint density at radius 3 is 2.32 bits per heavy atom. The van der Waals surface area contributed by atoms with Crippen molar-refractivity contribution < 1.29 is 24.2 Å². The minimum absolute atomic E-state index is 0.0315. The van der Waals surface area contributed by atoms with Gasteiger partial charge in [-0.1, -0.05) is 48.5 Å². The number of likely N-dealkylation sites (tertiary alicyclic amines) is 1. The minimum Gasteiger partial charge on any atom is -0.480 e. The molecular weight excluding hydrogens is 396 g/mol. The third-order valence-corrected chi connectivity index (χ3v) is 6.05. The summed E-state index contributed by atoms with van der Waals surface area (Å²) in [4.78, 5) is 37.5. The lowest BCUT2D eigenvalue weighted by Crippen LogP contribution is -2.44. The molecule has 0 spiro atoms. The van der Waals surface area contributed by atoms with Crippen molar-refractivity contribution in [3.05, 3.63) is 59.7 Å². The summed E-state index contributed by atoms with van der Waals surface area (Å²) >= 11 is 0. The van der Waals surface area contributed by atoms with Gasteiger partial charge in [-0.25, -0.2) is 9.59 Å². The first-order valence-corrected chi connectivity index (χ1v) is 10.6. The standard InChI is InChI=1S/C24H26N2O5/c1-15(13-22(27)26-12-6-11-21(26)23(28)29)25-24(30)31-14-20-18-9-4-2-7-16(18)17-8-3-5-10-19(17)20/h2-5,7-10,15,20-21H,6,11-14H2,1H3,(H,25,30)(H,28,29)/t15-,21?/m1/s1. The molecule has 1 unspecified atom stereocenters. The minimum atomic E-state index is -0.983. The number of amides is 2. The van der Waals surface area contributed by atoms with Gasteiger partial charge in [0.25, 0.3) is 0 Å². The smallest absolute Gasteiger partial charge is 0.407 e. The monoisotopic (exact) mass is 422 g/mol. The molecule has 0 aromatic heterocycles. The Kier molecular flexibility index (Phi) is 5.93. The number of nitrogens with one attached hydrogen (secondary N) is 1. The molecule has 31 heavy (non-hydrogen) atoms. The van der Waals surface area contributed by atoms with E-state index in [1.165, 1.54) is 4.90 Å². The fourth-order valence-corrected chi connectivity index (χ4v) is 4.59. The van der Waals surface area contributed by atoms with Crippen LogP contribution in [0.3, 0.4) is 0 Å². The molecule has 1 heterocycles. The maximum atomic E-state index is 12.5. The van der Waals surface area contributed by atoms with Gasteiger partial charge < -0.3 is 20.1 Å². The Morgan fingerprint density at radius 1 is 1.10 bits per heavy atom. The molecule has 7 heteroatoms. The molecule has 0 bridgehead atoms. The second-order valence-corrected chi connectivity index (χ2v) is 8.16. The van der Waals surface area contributed by atoms with Gasteiger partial charge in [0.15, 0.2) is 0 Å². The Morgan fingerprint density at radius 2 is 1.71 bits per heavy atom. The zero-order valence-electron chi connectivity index (χ0n) is 17.4. The summed E-state index contributed by atoms with van der Waals surface area (Å²) in [7, 11) is 0. The second-order valence-electron chi connectivity index (χ2n) is 8.16. The summed E-state index contributed by atoms with van der Waals surface area (Å²) in [6, 6.07) is 15.0. The van der Waals surface area contributed by atoms with E-state index in [2.05, 4.69) is 29.6 Å². The highest BCUT2D eigenvalue weighted by Crippen LogP contribution is 2.44. The van der Waals surface area contributed by atoms with Gasteiger partial charge in [0, 0.05) is 24.9 Å². The molecule has 7 nitrogen and oxygen atoms in total. The number of carboxylic acid groups (broad SMARTS) is 1. The van der Waals surface area contributed by atoms with Crippen molar-refractivity contribution >= 4 is 18.0 Å². The average molecular weight is 422 g/mol.